The fourth-order valence-electron chi connectivity index (χ4n) is 5.71. The molecule has 0 radical (unpaired) electrons. The first kappa shape index (κ1) is 21.1. The number of rotatable bonds is 5. The van der Waals surface area contributed by atoms with Crippen LogP contribution in [0.15, 0.2) is 72.9 Å². The molecule has 0 unspecified atom stereocenters. The number of fused-ring (bicyclic) bond motifs is 1. The van der Waals surface area contributed by atoms with Crippen molar-refractivity contribution < 1.29 is 13.6 Å². The number of nitrogens with zero attached hydrogens (tertiary/aromatic N) is 1. The molecule has 4 aromatic rings. The number of carbonyl (C=O) groups is 1. The molecule has 3 nitrogen and oxygen atoms in total. The Morgan fingerprint density at radius 3 is 2.47 bits per heavy atom. The lowest BCUT2D eigenvalue weighted by Crippen LogP contribution is -2.53. The predicted octanol–water partition coefficient (Wildman–Crippen LogP) is 6.70. The molecule has 2 aliphatic rings. The van der Waals surface area contributed by atoms with Crippen molar-refractivity contribution in [2.75, 3.05) is 0 Å². The summed E-state index contributed by atoms with van der Waals surface area (Å²) >= 11 is 0. The van der Waals surface area contributed by atoms with Gasteiger partial charge in [-0.2, -0.15) is 0 Å². The molecule has 3 aromatic carbocycles. The van der Waals surface area contributed by atoms with Crippen LogP contribution < -0.4 is 5.32 Å². The number of nitrogens with one attached hydrogen (secondary N) is 1. The SMILES string of the molecule is O=C(NC1CC2(CCC2)C1)c1ccc(F)c2ccn(Cc3ccc(-c4cccc(F)c4)cc3)c12. The van der Waals surface area contributed by atoms with Gasteiger partial charge in [-0.1, -0.05) is 42.8 Å². The van der Waals surface area contributed by atoms with Crippen molar-refractivity contribution in [3.05, 3.63) is 95.7 Å². The fourth-order valence-corrected chi connectivity index (χ4v) is 5.71. The van der Waals surface area contributed by atoms with Gasteiger partial charge in [-0.05, 0) is 78.1 Å². The Morgan fingerprint density at radius 1 is 0.971 bits per heavy atom. The Hall–Kier alpha value is -3.47. The van der Waals surface area contributed by atoms with Crippen molar-refractivity contribution in [1.82, 2.24) is 9.88 Å². The van der Waals surface area contributed by atoms with Crippen LogP contribution in [0, 0.1) is 17.0 Å². The largest absolute Gasteiger partial charge is 0.349 e. The van der Waals surface area contributed by atoms with Crippen LogP contribution in [0.25, 0.3) is 22.0 Å². The average Bonchev–Trinajstić information content (AvgIpc) is 3.20. The van der Waals surface area contributed by atoms with Gasteiger partial charge in [0.05, 0.1) is 11.1 Å². The summed E-state index contributed by atoms with van der Waals surface area (Å²) in [5.41, 5.74) is 4.36. The third-order valence-corrected chi connectivity index (χ3v) is 7.69. The van der Waals surface area contributed by atoms with Gasteiger partial charge >= 0.3 is 0 Å². The van der Waals surface area contributed by atoms with Crippen LogP contribution in [0.4, 0.5) is 8.78 Å². The monoisotopic (exact) mass is 456 g/mol. The van der Waals surface area contributed by atoms with Crippen LogP contribution in [-0.2, 0) is 6.54 Å². The Morgan fingerprint density at radius 2 is 1.76 bits per heavy atom. The molecular weight excluding hydrogens is 430 g/mol. The summed E-state index contributed by atoms with van der Waals surface area (Å²) in [6.45, 7) is 0.503. The molecule has 34 heavy (non-hydrogen) atoms. The number of carbonyl (C=O) groups excluding carboxylic acids is 1. The van der Waals surface area contributed by atoms with E-state index in [0.29, 0.717) is 28.4 Å². The van der Waals surface area contributed by atoms with Gasteiger partial charge in [0.15, 0.2) is 0 Å². The molecule has 1 spiro atoms. The number of benzene rings is 3. The molecule has 6 rings (SSSR count). The first-order valence-electron chi connectivity index (χ1n) is 11.9. The molecule has 0 aliphatic heterocycles. The lowest BCUT2D eigenvalue weighted by atomic mass is 9.54. The lowest BCUT2D eigenvalue weighted by molar-refractivity contribution is -0.000603. The third kappa shape index (κ3) is 3.69. The predicted molar refractivity (Wildman–Crippen MR) is 130 cm³/mol. The number of hydrogen-bond donors (Lipinski definition) is 1. The van der Waals surface area contributed by atoms with Gasteiger partial charge in [-0.15, -0.1) is 0 Å². The molecule has 1 N–H and O–H groups in total. The zero-order valence-corrected chi connectivity index (χ0v) is 18.9. The fraction of sp³-hybridized carbons (Fsp3) is 0.276. The normalized spacial score (nSPS) is 16.9. The number of aromatic nitrogens is 1. The summed E-state index contributed by atoms with van der Waals surface area (Å²) in [6.07, 6.45) is 7.80. The maximum absolute atomic E-state index is 14.6. The van der Waals surface area contributed by atoms with Crippen LogP contribution in [-0.4, -0.2) is 16.5 Å². The summed E-state index contributed by atoms with van der Waals surface area (Å²) in [4.78, 5) is 13.1. The highest BCUT2D eigenvalue weighted by molar-refractivity contribution is 6.06. The van der Waals surface area contributed by atoms with Crippen molar-refractivity contribution in [2.24, 2.45) is 5.41 Å². The van der Waals surface area contributed by atoms with Gasteiger partial charge in [0.25, 0.3) is 5.91 Å². The van der Waals surface area contributed by atoms with Gasteiger partial charge < -0.3 is 9.88 Å². The van der Waals surface area contributed by atoms with Crippen LogP contribution in [0.3, 0.4) is 0 Å². The van der Waals surface area contributed by atoms with Crippen LogP contribution in [0.2, 0.25) is 0 Å². The molecule has 2 saturated carbocycles. The van der Waals surface area contributed by atoms with E-state index in [2.05, 4.69) is 5.32 Å². The Balaban J connectivity index is 1.25. The van der Waals surface area contributed by atoms with Gasteiger partial charge in [-0.3, -0.25) is 4.79 Å². The topological polar surface area (TPSA) is 34.0 Å². The zero-order chi connectivity index (χ0) is 23.3. The summed E-state index contributed by atoms with van der Waals surface area (Å²) in [5.74, 6) is -0.729. The maximum Gasteiger partial charge on any atom is 0.253 e. The molecule has 5 heteroatoms. The van der Waals surface area contributed by atoms with E-state index in [4.69, 9.17) is 0 Å². The highest BCUT2D eigenvalue weighted by Gasteiger charge is 2.48. The smallest absolute Gasteiger partial charge is 0.253 e. The maximum atomic E-state index is 14.6. The number of hydrogen-bond acceptors (Lipinski definition) is 1. The molecule has 172 valence electrons. The molecule has 0 saturated heterocycles. The summed E-state index contributed by atoms with van der Waals surface area (Å²) < 4.78 is 30.1. The van der Waals surface area contributed by atoms with Crippen molar-refractivity contribution in [3.8, 4) is 11.1 Å². The number of halogens is 2. The minimum atomic E-state index is -0.330. The first-order chi connectivity index (χ1) is 16.5. The van der Waals surface area contributed by atoms with E-state index in [1.165, 1.54) is 37.5 Å². The zero-order valence-electron chi connectivity index (χ0n) is 18.9. The highest BCUT2D eigenvalue weighted by atomic mass is 19.1. The van der Waals surface area contributed by atoms with Gasteiger partial charge in [0.1, 0.15) is 11.6 Å². The van der Waals surface area contributed by atoms with Crippen LogP contribution >= 0.6 is 0 Å². The minimum absolute atomic E-state index is 0.134. The van der Waals surface area contributed by atoms with E-state index < -0.39 is 0 Å². The van der Waals surface area contributed by atoms with Gasteiger partial charge in [0, 0.05) is 24.2 Å². The van der Waals surface area contributed by atoms with Gasteiger partial charge in [0.2, 0.25) is 0 Å². The molecule has 2 aliphatic carbocycles. The van der Waals surface area contributed by atoms with Crippen molar-refractivity contribution >= 4 is 16.8 Å². The number of amides is 1. The highest BCUT2D eigenvalue weighted by Crippen LogP contribution is 2.55. The average molecular weight is 457 g/mol. The second-order valence-electron chi connectivity index (χ2n) is 9.94. The van der Waals surface area contributed by atoms with Crippen LogP contribution in [0.5, 0.6) is 0 Å². The van der Waals surface area contributed by atoms with Gasteiger partial charge in [-0.25, -0.2) is 8.78 Å². The molecule has 1 amide bonds. The second-order valence-corrected chi connectivity index (χ2v) is 9.94. The summed E-state index contributed by atoms with van der Waals surface area (Å²) in [5, 5.41) is 3.63. The van der Waals surface area contributed by atoms with E-state index >= 15 is 0 Å². The third-order valence-electron chi connectivity index (χ3n) is 7.69. The Labute approximate surface area is 197 Å². The van der Waals surface area contributed by atoms with E-state index in [9.17, 15) is 13.6 Å². The first-order valence-corrected chi connectivity index (χ1v) is 11.9. The molecule has 1 aromatic heterocycles. The van der Waals surface area contributed by atoms with E-state index in [0.717, 1.165) is 29.5 Å². The van der Waals surface area contributed by atoms with E-state index in [1.807, 2.05) is 41.1 Å². The molecular formula is C29H26F2N2O. The van der Waals surface area contributed by atoms with Crippen molar-refractivity contribution in [1.29, 1.82) is 0 Å². The van der Waals surface area contributed by atoms with Crippen molar-refractivity contribution in [2.45, 2.75) is 44.7 Å². The van der Waals surface area contributed by atoms with Crippen LogP contribution in [0.1, 0.15) is 48.0 Å². The summed E-state index contributed by atoms with van der Waals surface area (Å²) in [6, 6.07) is 19.3. The second kappa shape index (κ2) is 8.08. The molecule has 2 fully saturated rings. The van der Waals surface area contributed by atoms with E-state index in [-0.39, 0.29) is 23.6 Å². The molecule has 0 bridgehead atoms. The standard InChI is InChI=1S/C29H26F2N2O/c30-22-4-1-3-21(15-22)20-7-5-19(6-8-20)18-33-14-11-24-26(31)10-9-25(27(24)33)28(34)32-23-16-29(17-23)12-2-13-29/h1,3-11,14-15,23H,2,12-13,16-18H2,(H,32,34). The Bertz CT molecular complexity index is 1380. The molecule has 0 atom stereocenters. The van der Waals surface area contributed by atoms with E-state index in [1.54, 1.807) is 18.2 Å². The van der Waals surface area contributed by atoms with Crippen molar-refractivity contribution in [3.63, 3.8) is 0 Å². The Kier molecular flexibility index (Phi) is 5.01. The summed E-state index contributed by atoms with van der Waals surface area (Å²) in [7, 11) is 0. The molecule has 1 heterocycles. The minimum Gasteiger partial charge on any atom is -0.349 e. The quantitative estimate of drug-likeness (QED) is 0.356. The lowest BCUT2D eigenvalue weighted by Gasteiger charge is -2.54.